The first-order valence-electron chi connectivity index (χ1n) is 2.67. The van der Waals surface area contributed by atoms with Crippen molar-refractivity contribution in [3.05, 3.63) is 0 Å². The maximum Gasteiger partial charge on any atom is 0.352 e. The standard InChI is InChI=1S/C4H10IO4P/c1-4(3-5)8-9-10(2,6)7/h4H,3H2,1-2H3,(H,6,7)/t4-/m0/s1. The fourth-order valence-electron chi connectivity index (χ4n) is 0.179. The van der Waals surface area contributed by atoms with E-state index in [0.717, 1.165) is 11.1 Å². The van der Waals surface area contributed by atoms with Crippen molar-refractivity contribution in [1.82, 2.24) is 0 Å². The topological polar surface area (TPSA) is 55.8 Å². The molecule has 1 unspecified atom stereocenters. The molecule has 0 fully saturated rings. The summed E-state index contributed by atoms with van der Waals surface area (Å²) >= 11 is 2.09. The van der Waals surface area contributed by atoms with Crippen LogP contribution in [0.1, 0.15) is 6.92 Å². The van der Waals surface area contributed by atoms with Gasteiger partial charge in [0.05, 0.1) is 6.10 Å². The van der Waals surface area contributed by atoms with Crippen LogP contribution in [0.15, 0.2) is 0 Å². The lowest BCUT2D eigenvalue weighted by Crippen LogP contribution is -2.08. The predicted molar refractivity (Wildman–Crippen MR) is 46.3 cm³/mol. The van der Waals surface area contributed by atoms with Crippen LogP contribution in [-0.4, -0.2) is 22.1 Å². The molecule has 0 radical (unpaired) electrons. The predicted octanol–water partition coefficient (Wildman–Crippen LogP) is 1.57. The normalized spacial score (nSPS) is 20.0. The van der Waals surface area contributed by atoms with E-state index in [2.05, 4.69) is 32.2 Å². The minimum Gasteiger partial charge on any atom is -0.323 e. The van der Waals surface area contributed by atoms with Gasteiger partial charge in [0.2, 0.25) is 0 Å². The van der Waals surface area contributed by atoms with Crippen molar-refractivity contribution >= 4 is 30.2 Å². The van der Waals surface area contributed by atoms with Gasteiger partial charge in [0.1, 0.15) is 0 Å². The molecule has 2 atom stereocenters. The minimum atomic E-state index is -3.46. The third-order valence-corrected chi connectivity index (χ3v) is 2.17. The zero-order valence-electron chi connectivity index (χ0n) is 5.78. The maximum atomic E-state index is 10.4. The highest BCUT2D eigenvalue weighted by molar-refractivity contribution is 14.1. The van der Waals surface area contributed by atoms with Crippen LogP contribution >= 0.6 is 30.2 Å². The van der Waals surface area contributed by atoms with Crippen LogP contribution in [0.25, 0.3) is 0 Å². The molecule has 0 aliphatic rings. The average Bonchev–Trinajstić information content (AvgIpc) is 1.81. The van der Waals surface area contributed by atoms with Crippen LogP contribution in [0, 0.1) is 0 Å². The van der Waals surface area contributed by atoms with Crippen LogP contribution in [0.2, 0.25) is 0 Å². The molecule has 6 heteroatoms. The zero-order valence-corrected chi connectivity index (χ0v) is 8.83. The Bertz CT molecular complexity index is 133. The number of halogens is 1. The second kappa shape index (κ2) is 4.66. The van der Waals surface area contributed by atoms with Gasteiger partial charge in [0.25, 0.3) is 0 Å². The van der Waals surface area contributed by atoms with Gasteiger partial charge in [-0.05, 0) is 6.92 Å². The van der Waals surface area contributed by atoms with E-state index in [0.29, 0.717) is 0 Å². The Labute approximate surface area is 73.5 Å². The summed E-state index contributed by atoms with van der Waals surface area (Å²) in [6, 6.07) is 0. The van der Waals surface area contributed by atoms with Gasteiger partial charge >= 0.3 is 7.60 Å². The van der Waals surface area contributed by atoms with Gasteiger partial charge < -0.3 is 4.89 Å². The van der Waals surface area contributed by atoms with E-state index in [4.69, 9.17) is 4.89 Å². The first-order valence-corrected chi connectivity index (χ1v) is 6.22. The quantitative estimate of drug-likeness (QED) is 0.279. The van der Waals surface area contributed by atoms with Gasteiger partial charge in [-0.15, -0.1) is 4.67 Å². The van der Waals surface area contributed by atoms with Crippen LogP contribution in [0.4, 0.5) is 0 Å². The summed E-state index contributed by atoms with van der Waals surface area (Å²) in [6.45, 7) is 2.83. The SMILES string of the molecule is C[C@@H](CI)OOP(C)(=O)O. The van der Waals surface area contributed by atoms with Crippen molar-refractivity contribution in [3.63, 3.8) is 0 Å². The zero-order chi connectivity index (χ0) is 8.20. The number of rotatable bonds is 4. The summed E-state index contributed by atoms with van der Waals surface area (Å²) in [6.07, 6.45) is -0.152. The van der Waals surface area contributed by atoms with E-state index in [1.807, 2.05) is 0 Å². The van der Waals surface area contributed by atoms with Crippen LogP contribution in [-0.2, 0) is 14.1 Å². The first kappa shape index (κ1) is 10.8. The van der Waals surface area contributed by atoms with Gasteiger partial charge in [0.15, 0.2) is 0 Å². The molecular weight excluding hydrogens is 270 g/mol. The molecule has 4 nitrogen and oxygen atoms in total. The van der Waals surface area contributed by atoms with E-state index in [-0.39, 0.29) is 6.10 Å². The summed E-state index contributed by atoms with van der Waals surface area (Å²) in [5, 5.41) is 0. The van der Waals surface area contributed by atoms with Gasteiger partial charge in [-0.25, -0.2) is 4.89 Å². The molecule has 0 saturated heterocycles. The summed E-state index contributed by atoms with van der Waals surface area (Å²) in [4.78, 5) is 13.1. The monoisotopic (exact) mass is 280 g/mol. The summed E-state index contributed by atoms with van der Waals surface area (Å²) < 4.78 is 15.3. The molecule has 0 bridgehead atoms. The van der Waals surface area contributed by atoms with E-state index in [1.54, 1.807) is 6.92 Å². The molecule has 0 aromatic heterocycles. The molecule has 62 valence electrons. The Balaban J connectivity index is 3.46. The van der Waals surface area contributed by atoms with Crippen molar-refractivity contribution in [3.8, 4) is 0 Å². The van der Waals surface area contributed by atoms with Crippen molar-refractivity contribution in [2.45, 2.75) is 13.0 Å². The molecular formula is C4H10IO4P. The molecule has 0 heterocycles. The van der Waals surface area contributed by atoms with Gasteiger partial charge in [-0.1, -0.05) is 22.6 Å². The summed E-state index contributed by atoms with van der Waals surface area (Å²) in [5.74, 6) is 0. The Kier molecular flexibility index (Phi) is 5.06. The molecule has 0 amide bonds. The van der Waals surface area contributed by atoms with E-state index in [9.17, 15) is 4.57 Å². The second-order valence-corrected chi connectivity index (χ2v) is 4.57. The molecule has 10 heavy (non-hydrogen) atoms. The third-order valence-electron chi connectivity index (χ3n) is 0.563. The molecule has 0 aromatic rings. The van der Waals surface area contributed by atoms with Gasteiger partial charge in [-0.2, -0.15) is 0 Å². The fourth-order valence-corrected chi connectivity index (χ4v) is 0.632. The van der Waals surface area contributed by atoms with Crippen LogP contribution in [0.5, 0.6) is 0 Å². The lowest BCUT2D eigenvalue weighted by molar-refractivity contribution is -0.237. The second-order valence-electron chi connectivity index (χ2n) is 1.94. The van der Waals surface area contributed by atoms with Crippen molar-refractivity contribution in [1.29, 1.82) is 0 Å². The lowest BCUT2D eigenvalue weighted by Gasteiger charge is -2.09. The first-order chi connectivity index (χ1) is 4.45. The smallest absolute Gasteiger partial charge is 0.323 e. The Hall–Kier alpha value is 0.840. The Morgan fingerprint density at radius 3 is 2.60 bits per heavy atom. The van der Waals surface area contributed by atoms with Crippen molar-refractivity contribution in [2.24, 2.45) is 0 Å². The lowest BCUT2D eigenvalue weighted by atomic mass is 10.5. The highest BCUT2D eigenvalue weighted by atomic mass is 127. The summed E-state index contributed by atoms with van der Waals surface area (Å²) in [7, 11) is -3.46. The minimum absolute atomic E-state index is 0.152. The number of hydrogen-bond donors (Lipinski definition) is 1. The van der Waals surface area contributed by atoms with Crippen LogP contribution in [0.3, 0.4) is 0 Å². The Morgan fingerprint density at radius 2 is 2.30 bits per heavy atom. The number of alkyl halides is 1. The molecule has 0 aliphatic heterocycles. The van der Waals surface area contributed by atoms with Gasteiger partial charge in [-0.3, -0.25) is 4.57 Å². The molecule has 1 N–H and O–H groups in total. The summed E-state index contributed by atoms with van der Waals surface area (Å²) in [5.41, 5.74) is 0. The largest absolute Gasteiger partial charge is 0.352 e. The molecule has 0 rings (SSSR count). The molecule has 0 spiro atoms. The van der Waals surface area contributed by atoms with Gasteiger partial charge in [0, 0.05) is 11.1 Å². The number of hydrogen-bond acceptors (Lipinski definition) is 3. The van der Waals surface area contributed by atoms with E-state index in [1.165, 1.54) is 0 Å². The Morgan fingerprint density at radius 1 is 1.80 bits per heavy atom. The van der Waals surface area contributed by atoms with Crippen molar-refractivity contribution in [2.75, 3.05) is 11.1 Å². The molecule has 0 saturated carbocycles. The van der Waals surface area contributed by atoms with E-state index < -0.39 is 7.60 Å². The fraction of sp³-hybridized carbons (Fsp3) is 1.00. The maximum absolute atomic E-state index is 10.4. The molecule has 0 aromatic carbocycles. The molecule has 0 aliphatic carbocycles. The van der Waals surface area contributed by atoms with Crippen molar-refractivity contribution < 1.29 is 19.0 Å². The van der Waals surface area contributed by atoms with Crippen LogP contribution < -0.4 is 0 Å². The third kappa shape index (κ3) is 6.95. The highest BCUT2D eigenvalue weighted by Gasteiger charge is 2.13. The highest BCUT2D eigenvalue weighted by Crippen LogP contribution is 2.37. The average molecular weight is 280 g/mol. The van der Waals surface area contributed by atoms with E-state index >= 15 is 0 Å².